The van der Waals surface area contributed by atoms with Crippen LogP contribution in [-0.4, -0.2) is 18.4 Å². The van der Waals surface area contributed by atoms with E-state index < -0.39 is 0 Å². The Morgan fingerprint density at radius 2 is 2.29 bits per heavy atom. The summed E-state index contributed by atoms with van der Waals surface area (Å²) in [6, 6.07) is 6.63. The van der Waals surface area contributed by atoms with Gasteiger partial charge in [-0.1, -0.05) is 24.6 Å². The molecule has 92 valence electrons. The van der Waals surface area contributed by atoms with Crippen molar-refractivity contribution in [3.63, 3.8) is 0 Å². The summed E-state index contributed by atoms with van der Waals surface area (Å²) in [5.41, 5.74) is 9.68. The number of hydrogen-bond donors (Lipinski definition) is 2. The van der Waals surface area contributed by atoms with Gasteiger partial charge in [0.05, 0.1) is 6.04 Å². The van der Waals surface area contributed by atoms with Crippen LogP contribution in [0.1, 0.15) is 30.9 Å². The van der Waals surface area contributed by atoms with Gasteiger partial charge in [0.2, 0.25) is 0 Å². The van der Waals surface area contributed by atoms with Crippen LogP contribution in [0.15, 0.2) is 18.2 Å². The van der Waals surface area contributed by atoms with Gasteiger partial charge >= 0.3 is 0 Å². The number of hydrogen-bond acceptors (Lipinski definition) is 2. The van der Waals surface area contributed by atoms with Crippen LogP contribution < -0.4 is 10.6 Å². The largest absolute Gasteiger partial charge is 0.386 e. The van der Waals surface area contributed by atoms with Gasteiger partial charge in [-0.05, 0) is 37.8 Å². The van der Waals surface area contributed by atoms with Crippen molar-refractivity contribution >= 4 is 11.5 Å². The Hall–Kier alpha value is -1.51. The van der Waals surface area contributed by atoms with Gasteiger partial charge < -0.3 is 10.6 Å². The molecule has 0 radical (unpaired) electrons. The fourth-order valence-electron chi connectivity index (χ4n) is 2.69. The normalized spacial score (nSPS) is 16.5. The van der Waals surface area contributed by atoms with E-state index in [1.165, 1.54) is 16.8 Å². The van der Waals surface area contributed by atoms with E-state index in [0.29, 0.717) is 0 Å². The smallest absolute Gasteiger partial charge is 0.114 e. The lowest BCUT2D eigenvalue weighted by Gasteiger charge is -2.37. The highest BCUT2D eigenvalue weighted by molar-refractivity contribution is 5.86. The first kappa shape index (κ1) is 12.0. The van der Waals surface area contributed by atoms with E-state index in [1.807, 2.05) is 0 Å². The number of benzene rings is 1. The van der Waals surface area contributed by atoms with Gasteiger partial charge in [-0.3, -0.25) is 5.41 Å². The number of nitrogens with two attached hydrogens (primary N) is 1. The summed E-state index contributed by atoms with van der Waals surface area (Å²) >= 11 is 0. The summed E-state index contributed by atoms with van der Waals surface area (Å²) < 4.78 is 0. The predicted octanol–water partition coefficient (Wildman–Crippen LogP) is 2.46. The Morgan fingerprint density at radius 1 is 1.53 bits per heavy atom. The van der Waals surface area contributed by atoms with Crippen molar-refractivity contribution in [2.45, 2.75) is 39.2 Å². The van der Waals surface area contributed by atoms with Crippen molar-refractivity contribution < 1.29 is 0 Å². The molecule has 0 bridgehead atoms. The average molecular weight is 231 g/mol. The van der Waals surface area contributed by atoms with Crippen molar-refractivity contribution in [1.29, 1.82) is 5.41 Å². The average Bonchev–Trinajstić information content (AvgIpc) is 2.29. The van der Waals surface area contributed by atoms with Gasteiger partial charge in [-0.25, -0.2) is 0 Å². The highest BCUT2D eigenvalue weighted by Crippen LogP contribution is 2.30. The molecule has 1 heterocycles. The maximum Gasteiger partial charge on any atom is 0.114 e. The van der Waals surface area contributed by atoms with E-state index in [1.54, 1.807) is 0 Å². The van der Waals surface area contributed by atoms with E-state index >= 15 is 0 Å². The van der Waals surface area contributed by atoms with Crippen molar-refractivity contribution in [3.8, 4) is 0 Å². The zero-order valence-corrected chi connectivity index (χ0v) is 10.7. The Labute approximate surface area is 103 Å². The van der Waals surface area contributed by atoms with Gasteiger partial charge in [-0.2, -0.15) is 0 Å². The van der Waals surface area contributed by atoms with Crippen LogP contribution in [0.5, 0.6) is 0 Å². The van der Waals surface area contributed by atoms with E-state index in [0.717, 1.165) is 25.8 Å². The van der Waals surface area contributed by atoms with E-state index in [9.17, 15) is 0 Å². The molecule has 0 fully saturated rings. The maximum atomic E-state index is 7.71. The van der Waals surface area contributed by atoms with Gasteiger partial charge in [0.25, 0.3) is 0 Å². The molecule has 1 aliphatic rings. The number of aryl methyl sites for hydroxylation is 2. The second-order valence-electron chi connectivity index (χ2n) is 4.81. The molecular weight excluding hydrogens is 210 g/mol. The molecular formula is C14H21N3. The molecule has 0 saturated heterocycles. The third-order valence-electron chi connectivity index (χ3n) is 3.51. The van der Waals surface area contributed by atoms with Crippen molar-refractivity contribution in [2.75, 3.05) is 11.4 Å². The molecule has 1 unspecified atom stereocenters. The van der Waals surface area contributed by atoms with Gasteiger partial charge in [-0.15, -0.1) is 0 Å². The second kappa shape index (κ2) is 4.78. The number of amidine groups is 1. The molecule has 3 N–H and O–H groups in total. The quantitative estimate of drug-likeness (QED) is 0.620. The topological polar surface area (TPSA) is 53.1 Å². The second-order valence-corrected chi connectivity index (χ2v) is 4.81. The van der Waals surface area contributed by atoms with Crippen LogP contribution in [0, 0.1) is 12.3 Å². The standard InChI is InChI=1S/C14H21N3/c1-3-12(14(15)16)17-8-4-5-11-9-10(2)6-7-13(11)17/h6-7,9,12H,3-5,8H2,1-2H3,(H3,15,16). The lowest BCUT2D eigenvalue weighted by atomic mass is 9.97. The molecule has 3 nitrogen and oxygen atoms in total. The Morgan fingerprint density at radius 3 is 2.94 bits per heavy atom. The molecule has 1 aliphatic heterocycles. The minimum Gasteiger partial charge on any atom is -0.386 e. The highest BCUT2D eigenvalue weighted by atomic mass is 15.2. The molecule has 17 heavy (non-hydrogen) atoms. The fraction of sp³-hybridized carbons (Fsp3) is 0.500. The number of nitrogens with one attached hydrogen (secondary N) is 1. The minimum atomic E-state index is 0.0526. The van der Waals surface area contributed by atoms with E-state index in [4.69, 9.17) is 11.1 Å². The molecule has 0 aliphatic carbocycles. The molecule has 1 aromatic carbocycles. The Kier molecular flexibility index (Phi) is 3.36. The summed E-state index contributed by atoms with van der Waals surface area (Å²) in [6.45, 7) is 5.23. The third-order valence-corrected chi connectivity index (χ3v) is 3.51. The van der Waals surface area contributed by atoms with Gasteiger partial charge in [0.15, 0.2) is 0 Å². The summed E-state index contributed by atoms with van der Waals surface area (Å²) in [7, 11) is 0. The fourth-order valence-corrected chi connectivity index (χ4v) is 2.69. The SMILES string of the molecule is CCC(C(=N)N)N1CCCc2cc(C)ccc21. The van der Waals surface area contributed by atoms with Gasteiger partial charge in [0.1, 0.15) is 5.84 Å². The first-order chi connectivity index (χ1) is 8.13. The van der Waals surface area contributed by atoms with Crippen molar-refractivity contribution in [1.82, 2.24) is 0 Å². The van der Waals surface area contributed by atoms with Crippen LogP contribution in [0.3, 0.4) is 0 Å². The zero-order chi connectivity index (χ0) is 12.4. The molecule has 2 rings (SSSR count). The number of rotatable bonds is 3. The highest BCUT2D eigenvalue weighted by Gasteiger charge is 2.24. The monoisotopic (exact) mass is 231 g/mol. The summed E-state index contributed by atoms with van der Waals surface area (Å²) in [5, 5.41) is 7.71. The lowest BCUT2D eigenvalue weighted by Crippen LogP contribution is -2.46. The first-order valence-electron chi connectivity index (χ1n) is 6.33. The Balaban J connectivity index is 2.37. The predicted molar refractivity (Wildman–Crippen MR) is 72.8 cm³/mol. The first-order valence-corrected chi connectivity index (χ1v) is 6.33. The van der Waals surface area contributed by atoms with Crippen LogP contribution in [0.25, 0.3) is 0 Å². The van der Waals surface area contributed by atoms with E-state index in [-0.39, 0.29) is 11.9 Å². The number of fused-ring (bicyclic) bond motifs is 1. The summed E-state index contributed by atoms with van der Waals surface area (Å²) in [6.07, 6.45) is 3.19. The van der Waals surface area contributed by atoms with E-state index in [2.05, 4.69) is 36.9 Å². The minimum absolute atomic E-state index is 0.0526. The summed E-state index contributed by atoms with van der Waals surface area (Å²) in [5.74, 6) is 0.279. The van der Waals surface area contributed by atoms with Crippen molar-refractivity contribution in [2.24, 2.45) is 5.73 Å². The zero-order valence-electron chi connectivity index (χ0n) is 10.7. The molecule has 0 spiro atoms. The molecule has 1 aromatic rings. The number of anilines is 1. The van der Waals surface area contributed by atoms with Crippen LogP contribution in [0.2, 0.25) is 0 Å². The molecule has 0 aromatic heterocycles. The third kappa shape index (κ3) is 2.28. The maximum absolute atomic E-state index is 7.71. The summed E-state index contributed by atoms with van der Waals surface area (Å²) in [4.78, 5) is 2.29. The van der Waals surface area contributed by atoms with Crippen LogP contribution in [-0.2, 0) is 6.42 Å². The molecule has 0 saturated carbocycles. The van der Waals surface area contributed by atoms with Crippen molar-refractivity contribution in [3.05, 3.63) is 29.3 Å². The molecule has 3 heteroatoms. The van der Waals surface area contributed by atoms with Gasteiger partial charge in [0, 0.05) is 12.2 Å². The number of nitrogens with zero attached hydrogens (tertiary/aromatic N) is 1. The van der Waals surface area contributed by atoms with Crippen LogP contribution in [0.4, 0.5) is 5.69 Å². The molecule has 0 amide bonds. The Bertz CT molecular complexity index is 425. The van der Waals surface area contributed by atoms with Crippen LogP contribution >= 0.6 is 0 Å². The molecule has 1 atom stereocenters. The lowest BCUT2D eigenvalue weighted by molar-refractivity contribution is 0.629.